The third-order valence-corrected chi connectivity index (χ3v) is 5.69. The highest BCUT2D eigenvalue weighted by Crippen LogP contribution is 2.32. The van der Waals surface area contributed by atoms with Gasteiger partial charge in [-0.25, -0.2) is 9.59 Å². The number of rotatable bonds is 8. The Kier molecular flexibility index (Phi) is 6.84. The number of aryl methyl sites for hydroxylation is 1. The lowest BCUT2D eigenvalue weighted by atomic mass is 9.97. The van der Waals surface area contributed by atoms with E-state index in [0.29, 0.717) is 34.6 Å². The first-order valence-electron chi connectivity index (χ1n) is 11.3. The zero-order valence-corrected chi connectivity index (χ0v) is 19.7. The van der Waals surface area contributed by atoms with Crippen molar-refractivity contribution in [3.05, 3.63) is 88.7 Å². The first-order chi connectivity index (χ1) is 16.9. The molecule has 0 radical (unpaired) electrons. The zero-order chi connectivity index (χ0) is 25.1. The number of aliphatic hydroxyl groups is 1. The van der Waals surface area contributed by atoms with E-state index < -0.39 is 18.0 Å². The summed E-state index contributed by atoms with van der Waals surface area (Å²) in [6, 6.07) is 17.3. The topological polar surface area (TPSA) is 110 Å². The lowest BCUT2D eigenvalue weighted by molar-refractivity contribution is 0.0511. The Balaban J connectivity index is 1.80. The highest BCUT2D eigenvalue weighted by Gasteiger charge is 2.27. The number of nitrogens with zero attached hydrogens (tertiary/aromatic N) is 2. The summed E-state index contributed by atoms with van der Waals surface area (Å²) >= 11 is 0. The molecule has 180 valence electrons. The van der Waals surface area contributed by atoms with Crippen LogP contribution in [-0.4, -0.2) is 44.8 Å². The molecule has 2 aromatic carbocycles. The Morgan fingerprint density at radius 2 is 1.71 bits per heavy atom. The molecule has 0 aliphatic heterocycles. The third-order valence-electron chi connectivity index (χ3n) is 5.69. The smallest absolute Gasteiger partial charge is 0.361 e. The van der Waals surface area contributed by atoms with Gasteiger partial charge in [0, 0.05) is 0 Å². The van der Waals surface area contributed by atoms with Crippen molar-refractivity contribution in [3.8, 4) is 17.0 Å². The van der Waals surface area contributed by atoms with Crippen molar-refractivity contribution in [2.24, 2.45) is 0 Å². The highest BCUT2D eigenvalue weighted by molar-refractivity contribution is 5.96. The molecule has 35 heavy (non-hydrogen) atoms. The van der Waals surface area contributed by atoms with Crippen LogP contribution in [0, 0.1) is 6.92 Å². The third kappa shape index (κ3) is 4.48. The summed E-state index contributed by atoms with van der Waals surface area (Å²) in [7, 11) is 0. The van der Waals surface area contributed by atoms with Crippen molar-refractivity contribution in [3.63, 3.8) is 0 Å². The van der Waals surface area contributed by atoms with Crippen molar-refractivity contribution in [1.82, 2.24) is 9.38 Å². The van der Waals surface area contributed by atoms with Gasteiger partial charge in [-0.05, 0) is 55.2 Å². The van der Waals surface area contributed by atoms with Crippen LogP contribution in [0.3, 0.4) is 0 Å². The number of aromatic carboxylic acids is 1. The molecule has 8 nitrogen and oxygen atoms in total. The second-order valence-electron chi connectivity index (χ2n) is 7.89. The predicted molar refractivity (Wildman–Crippen MR) is 130 cm³/mol. The Bertz CT molecular complexity index is 1390. The van der Waals surface area contributed by atoms with Gasteiger partial charge in [-0.1, -0.05) is 48.5 Å². The number of carbonyl (C=O) groups excluding carboxylic acids is 1. The summed E-state index contributed by atoms with van der Waals surface area (Å²) in [6.45, 7) is 5.86. The average molecular weight is 475 g/mol. The number of hydrogen-bond donors (Lipinski definition) is 2. The monoisotopic (exact) mass is 474 g/mol. The Labute approximate surface area is 202 Å². The minimum Gasteiger partial charge on any atom is -0.478 e. The van der Waals surface area contributed by atoms with Gasteiger partial charge in [0.2, 0.25) is 5.88 Å². The number of benzene rings is 2. The van der Waals surface area contributed by atoms with E-state index in [1.807, 2.05) is 13.0 Å². The molecule has 0 spiro atoms. The number of fused-ring (bicyclic) bond motifs is 1. The summed E-state index contributed by atoms with van der Waals surface area (Å²) in [5.41, 5.74) is 3.88. The summed E-state index contributed by atoms with van der Waals surface area (Å²) < 4.78 is 12.4. The minimum atomic E-state index is -1.10. The molecule has 0 amide bonds. The molecule has 2 heterocycles. The molecule has 2 aromatic heterocycles. The van der Waals surface area contributed by atoms with E-state index in [1.165, 1.54) is 0 Å². The molecule has 8 heteroatoms. The molecule has 0 aliphatic carbocycles. The number of ether oxygens (including phenoxy) is 2. The maximum absolute atomic E-state index is 12.8. The molecule has 1 atom stereocenters. The quantitative estimate of drug-likeness (QED) is 0.357. The van der Waals surface area contributed by atoms with Gasteiger partial charge >= 0.3 is 11.9 Å². The fourth-order valence-electron chi connectivity index (χ4n) is 4.04. The van der Waals surface area contributed by atoms with E-state index in [2.05, 4.69) is 4.98 Å². The van der Waals surface area contributed by atoms with Crippen LogP contribution in [-0.2, 0) is 4.74 Å². The lowest BCUT2D eigenvalue weighted by Gasteiger charge is -2.17. The molecule has 1 unspecified atom stereocenters. The molecule has 0 saturated heterocycles. The molecule has 4 aromatic rings. The lowest BCUT2D eigenvalue weighted by Crippen LogP contribution is -2.15. The standard InChI is InChI=1S/C27H26N2O6/c1-4-34-25-22(27(33)35-5-2)29-21(15-10-16(3)24(29)28-25)23(30)18-13-11-17(12-14-18)19-8-6-7-9-20(19)26(31)32/h6-15,23,30H,4-5H2,1-3H3,(H,31,32). The fraction of sp³-hybridized carbons (Fsp3) is 0.222. The molecular formula is C27H26N2O6. The van der Waals surface area contributed by atoms with Gasteiger partial charge in [-0.15, -0.1) is 0 Å². The van der Waals surface area contributed by atoms with Gasteiger partial charge in [0.1, 0.15) is 11.8 Å². The molecule has 0 saturated carbocycles. The first kappa shape index (κ1) is 24.0. The molecule has 4 rings (SSSR count). The van der Waals surface area contributed by atoms with E-state index in [0.717, 1.165) is 5.56 Å². The Morgan fingerprint density at radius 1 is 1.00 bits per heavy atom. The van der Waals surface area contributed by atoms with E-state index >= 15 is 0 Å². The number of carboxylic acids is 1. The van der Waals surface area contributed by atoms with Crippen molar-refractivity contribution < 1.29 is 29.3 Å². The van der Waals surface area contributed by atoms with E-state index in [-0.39, 0.29) is 23.7 Å². The molecule has 0 bridgehead atoms. The highest BCUT2D eigenvalue weighted by atomic mass is 16.5. The van der Waals surface area contributed by atoms with E-state index in [9.17, 15) is 19.8 Å². The summed E-state index contributed by atoms with van der Waals surface area (Å²) in [5.74, 6) is -1.46. The van der Waals surface area contributed by atoms with Crippen LogP contribution in [0.5, 0.6) is 5.88 Å². The average Bonchev–Trinajstić information content (AvgIpc) is 3.24. The Morgan fingerprint density at radius 3 is 2.37 bits per heavy atom. The summed E-state index contributed by atoms with van der Waals surface area (Å²) in [6.07, 6.45) is -1.10. The van der Waals surface area contributed by atoms with Crippen LogP contribution in [0.15, 0.2) is 60.7 Å². The molecule has 0 aliphatic rings. The normalized spacial score (nSPS) is 11.9. The number of imidazole rings is 1. The minimum absolute atomic E-state index is 0.119. The van der Waals surface area contributed by atoms with Crippen LogP contribution in [0.2, 0.25) is 0 Å². The van der Waals surface area contributed by atoms with Gasteiger partial charge in [0.15, 0.2) is 5.69 Å². The second kappa shape index (κ2) is 9.99. The van der Waals surface area contributed by atoms with Crippen molar-refractivity contribution in [1.29, 1.82) is 0 Å². The number of carboxylic acid groups (broad SMARTS) is 1. The van der Waals surface area contributed by atoms with E-state index in [1.54, 1.807) is 72.8 Å². The van der Waals surface area contributed by atoms with Crippen LogP contribution in [0.1, 0.15) is 57.6 Å². The number of aromatic nitrogens is 2. The van der Waals surface area contributed by atoms with Crippen LogP contribution < -0.4 is 4.74 Å². The maximum Gasteiger partial charge on any atom is 0.361 e. The first-order valence-corrected chi connectivity index (χ1v) is 11.3. The number of esters is 1. The van der Waals surface area contributed by atoms with E-state index in [4.69, 9.17) is 9.47 Å². The predicted octanol–water partition coefficient (Wildman–Crippen LogP) is 4.67. The van der Waals surface area contributed by atoms with Gasteiger partial charge in [0.25, 0.3) is 0 Å². The Hall–Kier alpha value is -4.17. The van der Waals surface area contributed by atoms with Gasteiger partial charge in [-0.2, -0.15) is 4.98 Å². The molecule has 0 fully saturated rings. The van der Waals surface area contributed by atoms with Gasteiger partial charge in [0.05, 0.1) is 24.5 Å². The van der Waals surface area contributed by atoms with Crippen molar-refractivity contribution in [2.75, 3.05) is 13.2 Å². The van der Waals surface area contributed by atoms with Crippen LogP contribution >= 0.6 is 0 Å². The molecular weight excluding hydrogens is 448 g/mol. The number of pyridine rings is 1. The van der Waals surface area contributed by atoms with Crippen molar-refractivity contribution in [2.45, 2.75) is 26.9 Å². The van der Waals surface area contributed by atoms with Crippen LogP contribution in [0.4, 0.5) is 0 Å². The summed E-state index contributed by atoms with van der Waals surface area (Å²) in [5, 5.41) is 20.8. The molecule has 2 N–H and O–H groups in total. The zero-order valence-electron chi connectivity index (χ0n) is 19.7. The second-order valence-corrected chi connectivity index (χ2v) is 7.89. The van der Waals surface area contributed by atoms with Crippen molar-refractivity contribution >= 4 is 17.6 Å². The number of carbonyl (C=O) groups is 2. The van der Waals surface area contributed by atoms with Crippen LogP contribution in [0.25, 0.3) is 16.8 Å². The number of aliphatic hydroxyl groups excluding tert-OH is 1. The SMILES string of the molecule is CCOC(=O)c1c(OCC)nc2c(C)ccc(C(O)c3ccc(-c4ccccc4C(=O)O)cc3)n12. The summed E-state index contributed by atoms with van der Waals surface area (Å²) in [4.78, 5) is 28.9. The van der Waals surface area contributed by atoms with Gasteiger partial charge < -0.3 is 19.7 Å². The van der Waals surface area contributed by atoms with Gasteiger partial charge in [-0.3, -0.25) is 4.40 Å². The largest absolute Gasteiger partial charge is 0.478 e. The number of hydrogen-bond acceptors (Lipinski definition) is 6. The fourth-order valence-corrected chi connectivity index (χ4v) is 4.04. The maximum atomic E-state index is 12.8.